The van der Waals surface area contributed by atoms with Gasteiger partial charge in [0.25, 0.3) is 0 Å². The Morgan fingerprint density at radius 3 is 2.88 bits per heavy atom. The van der Waals surface area contributed by atoms with E-state index >= 15 is 0 Å². The van der Waals surface area contributed by atoms with Crippen molar-refractivity contribution in [2.75, 3.05) is 26.2 Å². The molecule has 2 aromatic rings. The van der Waals surface area contributed by atoms with Gasteiger partial charge < -0.3 is 15.2 Å². The minimum atomic E-state index is 0.0557. The van der Waals surface area contributed by atoms with Gasteiger partial charge in [0, 0.05) is 38.8 Å². The van der Waals surface area contributed by atoms with Gasteiger partial charge in [0.05, 0.1) is 17.4 Å². The van der Waals surface area contributed by atoms with Crippen LogP contribution in [-0.2, 0) is 6.54 Å². The Morgan fingerprint density at radius 2 is 2.00 bits per heavy atom. The number of benzene rings is 1. The number of aromatic amines is 1. The zero-order valence-corrected chi connectivity index (χ0v) is 15.4. The lowest BCUT2D eigenvalue weighted by atomic mass is 9.94. The average molecular weight is 355 g/mol. The molecule has 4 rings (SSSR count). The maximum absolute atomic E-state index is 12.6. The van der Waals surface area contributed by atoms with E-state index in [2.05, 4.69) is 26.3 Å². The molecule has 140 valence electrons. The highest BCUT2D eigenvalue weighted by Gasteiger charge is 2.25. The molecule has 1 aromatic carbocycles. The van der Waals surface area contributed by atoms with E-state index < -0.39 is 0 Å². The number of aromatic nitrogens is 2. The van der Waals surface area contributed by atoms with Crippen LogP contribution in [0, 0.1) is 0 Å². The largest absolute Gasteiger partial charge is 0.345 e. The van der Waals surface area contributed by atoms with Crippen molar-refractivity contribution >= 4 is 17.1 Å². The van der Waals surface area contributed by atoms with Crippen molar-refractivity contribution in [3.8, 4) is 0 Å². The Labute approximate surface area is 155 Å². The molecule has 2 N–H and O–H groups in total. The Morgan fingerprint density at radius 1 is 1.12 bits per heavy atom. The molecule has 0 unspecified atom stereocenters. The average Bonchev–Trinajstić information content (AvgIpc) is 3.01. The van der Waals surface area contributed by atoms with Gasteiger partial charge in [-0.1, -0.05) is 25.3 Å². The Balaban J connectivity index is 1.28. The molecular formula is C20H29N5O. The Kier molecular flexibility index (Phi) is 5.39. The predicted molar refractivity (Wildman–Crippen MR) is 103 cm³/mol. The number of hydrogen-bond donors (Lipinski definition) is 2. The maximum Gasteiger partial charge on any atom is 0.317 e. The molecule has 2 fully saturated rings. The molecule has 6 nitrogen and oxygen atoms in total. The molecule has 1 aliphatic heterocycles. The van der Waals surface area contributed by atoms with Gasteiger partial charge in [-0.15, -0.1) is 0 Å². The van der Waals surface area contributed by atoms with E-state index in [1.165, 1.54) is 32.1 Å². The number of rotatable bonds is 3. The highest BCUT2D eigenvalue weighted by molar-refractivity contribution is 5.76. The molecule has 6 heteroatoms. The van der Waals surface area contributed by atoms with Crippen LogP contribution in [0.4, 0.5) is 4.79 Å². The lowest BCUT2D eigenvalue weighted by molar-refractivity contribution is 0.159. The normalized spacial score (nSPS) is 20.2. The lowest BCUT2D eigenvalue weighted by Gasteiger charge is -2.33. The molecule has 0 radical (unpaired) electrons. The molecule has 1 saturated heterocycles. The van der Waals surface area contributed by atoms with Crippen molar-refractivity contribution in [1.82, 2.24) is 25.1 Å². The molecule has 0 atom stereocenters. The fourth-order valence-electron chi connectivity index (χ4n) is 4.33. The number of imidazole rings is 1. The third kappa shape index (κ3) is 4.01. The Bertz CT molecular complexity index is 737. The number of carbonyl (C=O) groups is 1. The minimum absolute atomic E-state index is 0.0557. The summed E-state index contributed by atoms with van der Waals surface area (Å²) in [6.07, 6.45) is 9.57. The minimum Gasteiger partial charge on any atom is -0.345 e. The van der Waals surface area contributed by atoms with Gasteiger partial charge in [0.1, 0.15) is 0 Å². The molecule has 2 aliphatic rings. The van der Waals surface area contributed by atoms with E-state index in [4.69, 9.17) is 0 Å². The first-order valence-electron chi connectivity index (χ1n) is 9.98. The second-order valence-electron chi connectivity index (χ2n) is 7.58. The van der Waals surface area contributed by atoms with Gasteiger partial charge in [-0.3, -0.25) is 4.90 Å². The van der Waals surface area contributed by atoms with Gasteiger partial charge in [0.15, 0.2) is 0 Å². The second-order valence-corrected chi connectivity index (χ2v) is 7.58. The van der Waals surface area contributed by atoms with E-state index in [9.17, 15) is 4.79 Å². The van der Waals surface area contributed by atoms with Crippen molar-refractivity contribution in [2.24, 2.45) is 0 Å². The van der Waals surface area contributed by atoms with E-state index in [1.807, 2.05) is 17.0 Å². The summed E-state index contributed by atoms with van der Waals surface area (Å²) in [6, 6.07) is 6.86. The SMILES string of the molecule is O=C(NCc1ccc2nc[nH]c2c1)N1CCCN(C2CCCCC2)CC1. The number of hydrogen-bond acceptors (Lipinski definition) is 3. The van der Waals surface area contributed by atoms with Crippen LogP contribution in [0.15, 0.2) is 24.5 Å². The summed E-state index contributed by atoms with van der Waals surface area (Å²) < 4.78 is 0. The van der Waals surface area contributed by atoms with Crippen molar-refractivity contribution in [3.05, 3.63) is 30.1 Å². The van der Waals surface area contributed by atoms with Crippen LogP contribution in [0.2, 0.25) is 0 Å². The van der Waals surface area contributed by atoms with Crippen LogP contribution in [0.3, 0.4) is 0 Å². The fourth-order valence-corrected chi connectivity index (χ4v) is 4.33. The molecule has 1 aromatic heterocycles. The van der Waals surface area contributed by atoms with E-state index in [0.717, 1.165) is 55.2 Å². The quantitative estimate of drug-likeness (QED) is 0.889. The third-order valence-corrected chi connectivity index (χ3v) is 5.84. The zero-order chi connectivity index (χ0) is 17.8. The number of fused-ring (bicyclic) bond motifs is 1. The van der Waals surface area contributed by atoms with Gasteiger partial charge in [-0.05, 0) is 37.0 Å². The monoisotopic (exact) mass is 355 g/mol. The Hall–Kier alpha value is -2.08. The van der Waals surface area contributed by atoms with E-state index in [0.29, 0.717) is 6.54 Å². The van der Waals surface area contributed by atoms with E-state index in [-0.39, 0.29) is 6.03 Å². The summed E-state index contributed by atoms with van der Waals surface area (Å²) in [5.74, 6) is 0. The standard InChI is InChI=1S/C20H29N5O/c26-20(21-14-16-7-8-18-19(13-16)23-15-22-18)25-10-4-9-24(11-12-25)17-5-2-1-3-6-17/h7-8,13,15,17H,1-6,9-12,14H2,(H,21,26)(H,22,23). The number of amides is 2. The predicted octanol–water partition coefficient (Wildman–Crippen LogP) is 3.11. The number of nitrogens with zero attached hydrogens (tertiary/aromatic N) is 3. The molecule has 2 amide bonds. The van der Waals surface area contributed by atoms with Gasteiger partial charge >= 0.3 is 6.03 Å². The number of nitrogens with one attached hydrogen (secondary N) is 2. The van der Waals surface area contributed by atoms with Gasteiger partial charge in [-0.2, -0.15) is 0 Å². The van der Waals surface area contributed by atoms with Crippen LogP contribution in [0.1, 0.15) is 44.1 Å². The van der Waals surface area contributed by atoms with Crippen molar-refractivity contribution in [1.29, 1.82) is 0 Å². The summed E-state index contributed by atoms with van der Waals surface area (Å²) in [5.41, 5.74) is 3.05. The van der Waals surface area contributed by atoms with Crippen molar-refractivity contribution in [3.63, 3.8) is 0 Å². The zero-order valence-electron chi connectivity index (χ0n) is 15.4. The molecule has 0 spiro atoms. The molecular weight excluding hydrogens is 326 g/mol. The molecule has 1 aliphatic carbocycles. The first-order chi connectivity index (χ1) is 12.8. The number of urea groups is 1. The highest BCUT2D eigenvalue weighted by Crippen LogP contribution is 2.23. The molecule has 26 heavy (non-hydrogen) atoms. The van der Waals surface area contributed by atoms with Crippen LogP contribution in [-0.4, -0.2) is 58.0 Å². The summed E-state index contributed by atoms with van der Waals surface area (Å²) in [6.45, 7) is 4.39. The molecule has 1 saturated carbocycles. The summed E-state index contributed by atoms with van der Waals surface area (Å²) >= 11 is 0. The smallest absolute Gasteiger partial charge is 0.317 e. The molecule has 0 bridgehead atoms. The maximum atomic E-state index is 12.6. The van der Waals surface area contributed by atoms with Gasteiger partial charge in [-0.25, -0.2) is 9.78 Å². The van der Waals surface area contributed by atoms with E-state index in [1.54, 1.807) is 6.33 Å². The van der Waals surface area contributed by atoms with Crippen LogP contribution in [0.25, 0.3) is 11.0 Å². The second kappa shape index (κ2) is 8.08. The highest BCUT2D eigenvalue weighted by atomic mass is 16.2. The number of carbonyl (C=O) groups excluding carboxylic acids is 1. The van der Waals surface area contributed by atoms with Crippen molar-refractivity contribution in [2.45, 2.75) is 51.1 Å². The van der Waals surface area contributed by atoms with Crippen LogP contribution >= 0.6 is 0 Å². The fraction of sp³-hybridized carbons (Fsp3) is 0.600. The first kappa shape index (κ1) is 17.3. The lowest BCUT2D eigenvalue weighted by Crippen LogP contribution is -2.43. The summed E-state index contributed by atoms with van der Waals surface area (Å²) in [5, 5.41) is 3.08. The van der Waals surface area contributed by atoms with Crippen molar-refractivity contribution < 1.29 is 4.79 Å². The van der Waals surface area contributed by atoms with Crippen LogP contribution < -0.4 is 5.32 Å². The summed E-state index contributed by atoms with van der Waals surface area (Å²) in [7, 11) is 0. The third-order valence-electron chi connectivity index (χ3n) is 5.84. The van der Waals surface area contributed by atoms with Crippen LogP contribution in [0.5, 0.6) is 0 Å². The molecule has 2 heterocycles. The topological polar surface area (TPSA) is 64.3 Å². The number of H-pyrrole nitrogens is 1. The summed E-state index contributed by atoms with van der Waals surface area (Å²) in [4.78, 5) is 24.5. The first-order valence-corrected chi connectivity index (χ1v) is 9.98. The van der Waals surface area contributed by atoms with Gasteiger partial charge in [0.2, 0.25) is 0 Å².